The van der Waals surface area contributed by atoms with E-state index in [0.29, 0.717) is 12.1 Å². The maximum atomic E-state index is 12.3. The lowest BCUT2D eigenvalue weighted by atomic mass is 9.96. The molecule has 0 atom stereocenters. The molecule has 1 amide bonds. The Hall–Kier alpha value is -0.0700. The van der Waals surface area contributed by atoms with Crippen molar-refractivity contribution >= 4 is 30.7 Å². The number of carbonyl (C=O) groups is 1. The molecule has 5 nitrogen and oxygen atoms in total. The average Bonchev–Trinajstić information content (AvgIpc) is 2.89. The Morgan fingerprint density at radius 3 is 2.35 bits per heavy atom. The largest absolute Gasteiger partial charge is 0.377 e. The number of hydrogen-bond donors (Lipinski definition) is 2. The molecule has 7 heteroatoms. The van der Waals surface area contributed by atoms with Crippen molar-refractivity contribution in [3.05, 3.63) is 0 Å². The molecular weight excluding hydrogens is 337 g/mol. The fraction of sp³-hybridized carbons (Fsp3) is 0.938. The van der Waals surface area contributed by atoms with Crippen molar-refractivity contribution in [1.82, 2.24) is 10.2 Å². The zero-order chi connectivity index (χ0) is 15.3. The van der Waals surface area contributed by atoms with Gasteiger partial charge in [0.15, 0.2) is 0 Å². The molecule has 0 aromatic heterocycles. The smallest absolute Gasteiger partial charge is 0.240 e. The molecular formula is C16H33Cl2N3O2. The standard InChI is InChI=1S/C16H31N3O2.2ClH/c1-13(2)21-12-11-19-9-5-14(6-10-19)18-15(20)16(17)7-3-4-8-16;;/h13-14H,3-12,17H2,1-2H3,(H,18,20);2*1H. The fourth-order valence-corrected chi connectivity index (χ4v) is 3.28. The van der Waals surface area contributed by atoms with Gasteiger partial charge in [-0.3, -0.25) is 4.79 Å². The van der Waals surface area contributed by atoms with Gasteiger partial charge in [-0.1, -0.05) is 12.8 Å². The predicted octanol–water partition coefficient (Wildman–Crippen LogP) is 2.11. The SMILES string of the molecule is CC(C)OCCN1CCC(NC(=O)C2(N)CCCC2)CC1.Cl.Cl. The summed E-state index contributed by atoms with van der Waals surface area (Å²) in [5, 5.41) is 3.17. The van der Waals surface area contributed by atoms with Crippen molar-refractivity contribution in [2.75, 3.05) is 26.2 Å². The summed E-state index contributed by atoms with van der Waals surface area (Å²) in [5.41, 5.74) is 5.61. The summed E-state index contributed by atoms with van der Waals surface area (Å²) in [6, 6.07) is 0.292. The number of nitrogens with zero attached hydrogens (tertiary/aromatic N) is 1. The number of nitrogens with two attached hydrogens (primary N) is 1. The molecule has 1 aliphatic carbocycles. The maximum absolute atomic E-state index is 12.3. The molecule has 3 N–H and O–H groups in total. The van der Waals surface area contributed by atoms with E-state index in [0.717, 1.165) is 64.8 Å². The molecule has 0 aromatic rings. The normalized spacial score (nSPS) is 21.6. The molecule has 1 heterocycles. The number of likely N-dealkylation sites (tertiary alicyclic amines) is 1. The summed E-state index contributed by atoms with van der Waals surface area (Å²) in [4.78, 5) is 14.7. The number of ether oxygens (including phenoxy) is 1. The minimum atomic E-state index is -0.595. The van der Waals surface area contributed by atoms with Crippen LogP contribution in [0.4, 0.5) is 0 Å². The first-order chi connectivity index (χ1) is 9.99. The van der Waals surface area contributed by atoms with Crippen molar-refractivity contribution in [2.45, 2.75) is 70.1 Å². The Kier molecular flexibility index (Phi) is 10.7. The van der Waals surface area contributed by atoms with Crippen molar-refractivity contribution in [3.63, 3.8) is 0 Å². The first-order valence-electron chi connectivity index (χ1n) is 8.43. The Bertz CT molecular complexity index is 342. The van der Waals surface area contributed by atoms with Gasteiger partial charge in [-0.25, -0.2) is 0 Å². The Morgan fingerprint density at radius 1 is 1.26 bits per heavy atom. The number of piperidine rings is 1. The molecule has 1 aliphatic heterocycles. The highest BCUT2D eigenvalue weighted by atomic mass is 35.5. The van der Waals surface area contributed by atoms with Gasteiger partial charge < -0.3 is 20.7 Å². The number of nitrogens with one attached hydrogen (secondary N) is 1. The minimum absolute atomic E-state index is 0. The van der Waals surface area contributed by atoms with E-state index in [1.807, 2.05) is 0 Å². The number of rotatable bonds is 6. The number of halogens is 2. The molecule has 1 saturated carbocycles. The molecule has 2 aliphatic rings. The van der Waals surface area contributed by atoms with Crippen molar-refractivity contribution in [2.24, 2.45) is 5.73 Å². The second kappa shape index (κ2) is 10.7. The highest BCUT2D eigenvalue weighted by Gasteiger charge is 2.38. The minimum Gasteiger partial charge on any atom is -0.377 e. The molecule has 2 fully saturated rings. The topological polar surface area (TPSA) is 67.6 Å². The van der Waals surface area contributed by atoms with Gasteiger partial charge in [0, 0.05) is 25.7 Å². The molecule has 0 unspecified atom stereocenters. The van der Waals surface area contributed by atoms with Crippen molar-refractivity contribution in [3.8, 4) is 0 Å². The highest BCUT2D eigenvalue weighted by Crippen LogP contribution is 2.27. The van der Waals surface area contributed by atoms with Gasteiger partial charge in [0.05, 0.1) is 18.2 Å². The summed E-state index contributed by atoms with van der Waals surface area (Å²) < 4.78 is 5.59. The van der Waals surface area contributed by atoms with Gasteiger partial charge in [0.25, 0.3) is 0 Å². The molecule has 0 spiro atoms. The van der Waals surface area contributed by atoms with E-state index in [4.69, 9.17) is 10.5 Å². The van der Waals surface area contributed by atoms with E-state index < -0.39 is 5.54 Å². The van der Waals surface area contributed by atoms with E-state index in [1.54, 1.807) is 0 Å². The second-order valence-electron chi connectivity index (χ2n) is 6.87. The zero-order valence-electron chi connectivity index (χ0n) is 14.4. The summed E-state index contributed by atoms with van der Waals surface area (Å²) in [7, 11) is 0. The van der Waals surface area contributed by atoms with Crippen molar-refractivity contribution in [1.29, 1.82) is 0 Å². The first-order valence-corrected chi connectivity index (χ1v) is 8.43. The molecule has 1 saturated heterocycles. The average molecular weight is 370 g/mol. The van der Waals surface area contributed by atoms with Gasteiger partial charge in [-0.05, 0) is 39.5 Å². The van der Waals surface area contributed by atoms with E-state index in [-0.39, 0.29) is 30.7 Å². The van der Waals surface area contributed by atoms with Crippen LogP contribution in [0.15, 0.2) is 0 Å². The molecule has 0 radical (unpaired) electrons. The van der Waals surface area contributed by atoms with E-state index in [9.17, 15) is 4.79 Å². The van der Waals surface area contributed by atoms with Crippen LogP contribution in [0.2, 0.25) is 0 Å². The van der Waals surface area contributed by atoms with Gasteiger partial charge in [-0.15, -0.1) is 24.8 Å². The lowest BCUT2D eigenvalue weighted by molar-refractivity contribution is -0.127. The van der Waals surface area contributed by atoms with Gasteiger partial charge in [0.2, 0.25) is 5.91 Å². The van der Waals surface area contributed by atoms with Crippen LogP contribution < -0.4 is 11.1 Å². The van der Waals surface area contributed by atoms with Crippen LogP contribution in [0.3, 0.4) is 0 Å². The van der Waals surface area contributed by atoms with E-state index in [2.05, 4.69) is 24.1 Å². The van der Waals surface area contributed by atoms with Crippen molar-refractivity contribution < 1.29 is 9.53 Å². The summed E-state index contributed by atoms with van der Waals surface area (Å²) in [6.07, 6.45) is 6.17. The third kappa shape index (κ3) is 7.14. The van der Waals surface area contributed by atoms with Crippen LogP contribution in [0.25, 0.3) is 0 Å². The van der Waals surface area contributed by atoms with E-state index >= 15 is 0 Å². The summed E-state index contributed by atoms with van der Waals surface area (Å²) >= 11 is 0. The third-order valence-electron chi connectivity index (χ3n) is 4.73. The third-order valence-corrected chi connectivity index (χ3v) is 4.73. The molecule has 138 valence electrons. The maximum Gasteiger partial charge on any atom is 0.240 e. The Balaban J connectivity index is 0.00000242. The second-order valence-corrected chi connectivity index (χ2v) is 6.87. The number of amides is 1. The molecule has 23 heavy (non-hydrogen) atoms. The number of hydrogen-bond acceptors (Lipinski definition) is 4. The fourth-order valence-electron chi connectivity index (χ4n) is 3.28. The zero-order valence-corrected chi connectivity index (χ0v) is 16.0. The quantitative estimate of drug-likeness (QED) is 0.752. The number of carbonyl (C=O) groups excluding carboxylic acids is 1. The van der Waals surface area contributed by atoms with Crippen LogP contribution in [-0.4, -0.2) is 54.7 Å². The summed E-state index contributed by atoms with van der Waals surface area (Å²) in [6.45, 7) is 7.97. The lowest BCUT2D eigenvalue weighted by Gasteiger charge is -2.34. The van der Waals surface area contributed by atoms with Gasteiger partial charge >= 0.3 is 0 Å². The van der Waals surface area contributed by atoms with Gasteiger partial charge in [-0.2, -0.15) is 0 Å². The van der Waals surface area contributed by atoms with Crippen LogP contribution in [-0.2, 0) is 9.53 Å². The Labute approximate surface area is 152 Å². The highest BCUT2D eigenvalue weighted by molar-refractivity contribution is 5.86. The van der Waals surface area contributed by atoms with Crippen LogP contribution in [0, 0.1) is 0 Å². The molecule has 2 rings (SSSR count). The molecule has 0 bridgehead atoms. The van der Waals surface area contributed by atoms with Gasteiger partial charge in [0.1, 0.15) is 0 Å². The van der Waals surface area contributed by atoms with E-state index in [1.165, 1.54) is 0 Å². The monoisotopic (exact) mass is 369 g/mol. The Morgan fingerprint density at radius 2 is 1.83 bits per heavy atom. The van der Waals surface area contributed by atoms with Crippen LogP contribution in [0.1, 0.15) is 52.4 Å². The van der Waals surface area contributed by atoms with Crippen LogP contribution >= 0.6 is 24.8 Å². The van der Waals surface area contributed by atoms with Crippen LogP contribution in [0.5, 0.6) is 0 Å². The molecule has 0 aromatic carbocycles. The first kappa shape index (κ1) is 22.9. The predicted molar refractivity (Wildman–Crippen MR) is 98.6 cm³/mol. The summed E-state index contributed by atoms with van der Waals surface area (Å²) in [5.74, 6) is 0.0709. The lowest BCUT2D eigenvalue weighted by Crippen LogP contribution is -2.56.